The van der Waals surface area contributed by atoms with Gasteiger partial charge < -0.3 is 15.0 Å². The number of fused-ring (bicyclic) bond motifs is 1. The Balaban J connectivity index is 1.28. The highest BCUT2D eigenvalue weighted by Crippen LogP contribution is 2.42. The molecule has 174 valence electrons. The minimum Gasteiger partial charge on any atom is -0.476 e. The molecule has 1 unspecified atom stereocenters. The Morgan fingerprint density at radius 2 is 2.06 bits per heavy atom. The molecule has 0 saturated carbocycles. The van der Waals surface area contributed by atoms with Gasteiger partial charge in [-0.2, -0.15) is 10.4 Å². The largest absolute Gasteiger partial charge is 0.476 e. The molecule has 0 spiro atoms. The standard InChI is InChI=1S/C25H23ClFN5O2/c26-18-9-20(17-12-30-31-13-17)23-21(10-18)29-14-22(34-23)24(33)32-7-5-25(15-28,6-8-32)11-16-1-3-19(27)4-2-16/h1-4,9-10,12-13,22,29H,5-8,11,14H2,(H,30,31). The van der Waals surface area contributed by atoms with Crippen molar-refractivity contribution in [1.82, 2.24) is 15.1 Å². The number of ether oxygens (including phenoxy) is 1. The first-order valence-corrected chi connectivity index (χ1v) is 11.5. The summed E-state index contributed by atoms with van der Waals surface area (Å²) in [6.45, 7) is 1.26. The molecule has 1 saturated heterocycles. The van der Waals surface area contributed by atoms with E-state index in [1.165, 1.54) is 12.1 Å². The van der Waals surface area contributed by atoms with Gasteiger partial charge in [0, 0.05) is 35.4 Å². The van der Waals surface area contributed by atoms with Crippen LogP contribution in [0, 0.1) is 22.6 Å². The number of aromatic nitrogens is 2. The van der Waals surface area contributed by atoms with E-state index in [1.807, 2.05) is 0 Å². The molecular weight excluding hydrogens is 457 g/mol. The van der Waals surface area contributed by atoms with Crippen LogP contribution in [0.2, 0.25) is 5.02 Å². The predicted molar refractivity (Wildman–Crippen MR) is 126 cm³/mol. The van der Waals surface area contributed by atoms with Crippen LogP contribution in [0.1, 0.15) is 18.4 Å². The van der Waals surface area contributed by atoms with E-state index in [0.717, 1.165) is 22.4 Å². The lowest BCUT2D eigenvalue weighted by Gasteiger charge is -2.39. The van der Waals surface area contributed by atoms with Gasteiger partial charge in [-0.1, -0.05) is 23.7 Å². The van der Waals surface area contributed by atoms with Crippen molar-refractivity contribution in [3.8, 4) is 22.9 Å². The molecule has 2 aliphatic rings. The van der Waals surface area contributed by atoms with E-state index < -0.39 is 11.5 Å². The predicted octanol–water partition coefficient (Wildman–Crippen LogP) is 4.42. The van der Waals surface area contributed by atoms with Crippen LogP contribution in [0.5, 0.6) is 5.75 Å². The number of amides is 1. The smallest absolute Gasteiger partial charge is 0.265 e. The van der Waals surface area contributed by atoms with Crippen molar-refractivity contribution in [2.45, 2.75) is 25.4 Å². The first-order chi connectivity index (χ1) is 16.5. The van der Waals surface area contributed by atoms with Crippen LogP contribution in [-0.4, -0.2) is 46.7 Å². The van der Waals surface area contributed by atoms with E-state index in [4.69, 9.17) is 16.3 Å². The lowest BCUT2D eigenvalue weighted by atomic mass is 9.75. The minimum absolute atomic E-state index is 0.112. The fourth-order valence-corrected chi connectivity index (χ4v) is 4.89. The molecule has 1 atom stereocenters. The van der Waals surface area contributed by atoms with Crippen molar-refractivity contribution in [3.63, 3.8) is 0 Å². The van der Waals surface area contributed by atoms with Crippen LogP contribution in [-0.2, 0) is 11.2 Å². The van der Waals surface area contributed by atoms with Gasteiger partial charge in [0.05, 0.1) is 29.9 Å². The molecule has 1 amide bonds. The van der Waals surface area contributed by atoms with Crippen LogP contribution in [0.3, 0.4) is 0 Å². The fraction of sp³-hybridized carbons (Fsp3) is 0.320. The molecule has 0 radical (unpaired) electrons. The van der Waals surface area contributed by atoms with Crippen molar-refractivity contribution < 1.29 is 13.9 Å². The third-order valence-electron chi connectivity index (χ3n) is 6.60. The number of carbonyl (C=O) groups excluding carboxylic acids is 1. The molecule has 1 fully saturated rings. The molecule has 5 rings (SSSR count). The molecule has 1 aromatic heterocycles. The Labute approximate surface area is 201 Å². The third kappa shape index (κ3) is 4.31. The van der Waals surface area contributed by atoms with Gasteiger partial charge in [0.1, 0.15) is 5.82 Å². The van der Waals surface area contributed by atoms with Crippen molar-refractivity contribution in [2.24, 2.45) is 5.41 Å². The highest BCUT2D eigenvalue weighted by atomic mass is 35.5. The number of likely N-dealkylation sites (tertiary alicyclic amines) is 1. The van der Waals surface area contributed by atoms with Gasteiger partial charge in [-0.05, 0) is 49.1 Å². The van der Waals surface area contributed by atoms with Gasteiger partial charge in [0.2, 0.25) is 0 Å². The molecule has 34 heavy (non-hydrogen) atoms. The maximum atomic E-state index is 13.3. The summed E-state index contributed by atoms with van der Waals surface area (Å²) in [6.07, 6.45) is 4.38. The van der Waals surface area contributed by atoms with E-state index >= 15 is 0 Å². The van der Waals surface area contributed by atoms with Crippen LogP contribution in [0.25, 0.3) is 11.1 Å². The second-order valence-electron chi connectivity index (χ2n) is 8.83. The molecule has 7 nitrogen and oxygen atoms in total. The molecule has 3 heterocycles. The number of hydrogen-bond donors (Lipinski definition) is 2. The molecule has 0 aliphatic carbocycles. The molecule has 2 N–H and O–H groups in total. The lowest BCUT2D eigenvalue weighted by molar-refractivity contribution is -0.140. The number of nitrogens with zero attached hydrogens (tertiary/aromatic N) is 3. The molecule has 2 aliphatic heterocycles. The minimum atomic E-state index is -0.689. The van der Waals surface area contributed by atoms with Gasteiger partial charge in [-0.15, -0.1) is 0 Å². The SMILES string of the molecule is N#CC1(Cc2ccc(F)cc2)CCN(C(=O)C2CNc3cc(Cl)cc(-c4cn[nH]c4)c3O2)CC1. The number of piperidine rings is 1. The normalized spacial score (nSPS) is 18.9. The maximum Gasteiger partial charge on any atom is 0.265 e. The zero-order chi connectivity index (χ0) is 23.7. The van der Waals surface area contributed by atoms with Crippen LogP contribution >= 0.6 is 11.6 Å². The second kappa shape index (κ2) is 8.99. The molecule has 2 aromatic carbocycles. The summed E-state index contributed by atoms with van der Waals surface area (Å²) < 4.78 is 19.4. The molecule has 3 aromatic rings. The van der Waals surface area contributed by atoms with Crippen molar-refractivity contribution in [1.29, 1.82) is 5.26 Å². The summed E-state index contributed by atoms with van der Waals surface area (Å²) in [5.41, 5.74) is 2.64. The quantitative estimate of drug-likeness (QED) is 0.577. The Bertz CT molecular complexity index is 1230. The van der Waals surface area contributed by atoms with Gasteiger partial charge in [-0.3, -0.25) is 9.89 Å². The summed E-state index contributed by atoms with van der Waals surface area (Å²) in [6, 6.07) is 12.3. The summed E-state index contributed by atoms with van der Waals surface area (Å²) in [5.74, 6) is 0.158. The molecule has 9 heteroatoms. The number of benzene rings is 2. The van der Waals surface area contributed by atoms with Crippen molar-refractivity contribution >= 4 is 23.2 Å². The zero-order valence-corrected chi connectivity index (χ0v) is 19.1. The van der Waals surface area contributed by atoms with Gasteiger partial charge in [0.15, 0.2) is 11.9 Å². The first-order valence-electron chi connectivity index (χ1n) is 11.1. The van der Waals surface area contributed by atoms with Gasteiger partial charge in [0.25, 0.3) is 5.91 Å². The topological polar surface area (TPSA) is 94.0 Å². The Morgan fingerprint density at radius 1 is 1.29 bits per heavy atom. The van der Waals surface area contributed by atoms with Crippen molar-refractivity contribution in [3.05, 3.63) is 65.2 Å². The second-order valence-corrected chi connectivity index (χ2v) is 9.26. The highest BCUT2D eigenvalue weighted by molar-refractivity contribution is 6.31. The summed E-state index contributed by atoms with van der Waals surface area (Å²) in [7, 11) is 0. The van der Waals surface area contributed by atoms with E-state index in [2.05, 4.69) is 21.6 Å². The molecular formula is C25H23ClFN5O2. The molecule has 0 bridgehead atoms. The van der Waals surface area contributed by atoms with Crippen LogP contribution in [0.15, 0.2) is 48.8 Å². The van der Waals surface area contributed by atoms with E-state index in [9.17, 15) is 14.4 Å². The third-order valence-corrected chi connectivity index (χ3v) is 6.82. The van der Waals surface area contributed by atoms with E-state index in [1.54, 1.807) is 41.6 Å². The number of anilines is 1. The Morgan fingerprint density at radius 3 is 2.74 bits per heavy atom. The van der Waals surface area contributed by atoms with Crippen LogP contribution < -0.4 is 10.1 Å². The highest BCUT2D eigenvalue weighted by Gasteiger charge is 2.39. The van der Waals surface area contributed by atoms with E-state index in [0.29, 0.717) is 49.7 Å². The number of halogens is 2. The van der Waals surface area contributed by atoms with Crippen molar-refractivity contribution in [2.75, 3.05) is 25.0 Å². The Kier molecular flexibility index (Phi) is 5.88. The number of rotatable bonds is 4. The first kappa shape index (κ1) is 22.2. The number of hydrogen-bond acceptors (Lipinski definition) is 5. The summed E-state index contributed by atoms with van der Waals surface area (Å²) in [4.78, 5) is 15.1. The summed E-state index contributed by atoms with van der Waals surface area (Å²) in [5, 5.41) is 20.5. The lowest BCUT2D eigenvalue weighted by Crippen LogP contribution is -2.51. The monoisotopic (exact) mass is 479 g/mol. The van der Waals surface area contributed by atoms with Crippen LogP contribution in [0.4, 0.5) is 10.1 Å². The number of nitriles is 1. The maximum absolute atomic E-state index is 13.3. The number of carbonyl (C=O) groups is 1. The number of H-pyrrole nitrogens is 1. The average molecular weight is 480 g/mol. The summed E-state index contributed by atoms with van der Waals surface area (Å²) >= 11 is 6.28. The number of aromatic amines is 1. The average Bonchev–Trinajstić information content (AvgIpc) is 3.40. The van der Waals surface area contributed by atoms with Gasteiger partial charge >= 0.3 is 0 Å². The van der Waals surface area contributed by atoms with Gasteiger partial charge in [-0.25, -0.2) is 4.39 Å². The Hall–Kier alpha value is -3.57. The zero-order valence-electron chi connectivity index (χ0n) is 18.4. The fourth-order valence-electron chi connectivity index (χ4n) is 4.67. The van der Waals surface area contributed by atoms with E-state index in [-0.39, 0.29) is 11.7 Å². The number of nitrogens with one attached hydrogen (secondary N) is 2.